The van der Waals surface area contributed by atoms with Crippen LogP contribution in [0.5, 0.6) is 11.5 Å². The molecule has 2 aliphatic rings. The van der Waals surface area contributed by atoms with E-state index in [1.807, 2.05) is 60.5 Å². The van der Waals surface area contributed by atoms with Gasteiger partial charge in [-0.3, -0.25) is 18.6 Å². The summed E-state index contributed by atoms with van der Waals surface area (Å²) in [6, 6.07) is 15.4. The minimum atomic E-state index is -0.175. The average molecular weight is 578 g/mol. The lowest BCUT2D eigenvalue weighted by Crippen LogP contribution is -2.43. The highest BCUT2D eigenvalue weighted by molar-refractivity contribution is 7.96. The van der Waals surface area contributed by atoms with Crippen molar-refractivity contribution in [1.29, 1.82) is 0 Å². The van der Waals surface area contributed by atoms with E-state index < -0.39 is 0 Å². The van der Waals surface area contributed by atoms with Crippen LogP contribution < -0.4 is 14.8 Å². The molecule has 1 N–H and O–H groups in total. The molecule has 2 fully saturated rings. The molecule has 41 heavy (non-hydrogen) atoms. The van der Waals surface area contributed by atoms with Gasteiger partial charge in [0, 0.05) is 56.8 Å². The Kier molecular flexibility index (Phi) is 9.19. The normalized spacial score (nSPS) is 15.9. The Morgan fingerprint density at radius 3 is 2.49 bits per heavy atom. The second-order valence-electron chi connectivity index (χ2n) is 10.7. The smallest absolute Gasteiger partial charge is 0.269 e. The molecule has 2 amide bonds. The van der Waals surface area contributed by atoms with Crippen molar-refractivity contribution in [2.75, 3.05) is 33.5 Å². The van der Waals surface area contributed by atoms with Crippen LogP contribution in [0.3, 0.4) is 0 Å². The first-order valence-electron chi connectivity index (χ1n) is 14.1. The fraction of sp³-hybridized carbons (Fsp3) is 0.452. The van der Waals surface area contributed by atoms with Crippen molar-refractivity contribution >= 4 is 23.8 Å². The average Bonchev–Trinajstić information content (AvgIpc) is 3.79. The van der Waals surface area contributed by atoms with Gasteiger partial charge in [-0.15, -0.1) is 0 Å². The number of para-hydroxylation sites is 1. The Morgan fingerprint density at radius 1 is 1.10 bits per heavy atom. The minimum absolute atomic E-state index is 0.0476. The molecule has 1 saturated heterocycles. The van der Waals surface area contributed by atoms with E-state index >= 15 is 0 Å². The molecule has 0 radical (unpaired) electrons. The Morgan fingerprint density at radius 2 is 1.83 bits per heavy atom. The molecule has 0 unspecified atom stereocenters. The van der Waals surface area contributed by atoms with Gasteiger partial charge in [0.1, 0.15) is 12.3 Å². The van der Waals surface area contributed by atoms with Crippen LogP contribution in [0.2, 0.25) is 0 Å². The zero-order valence-corrected chi connectivity index (χ0v) is 25.1. The number of carbonyl (C=O) groups is 2. The van der Waals surface area contributed by atoms with Crippen molar-refractivity contribution in [3.63, 3.8) is 0 Å². The van der Waals surface area contributed by atoms with E-state index in [0.717, 1.165) is 55.6 Å². The molecule has 1 aliphatic carbocycles. The molecule has 1 aliphatic heterocycles. The number of ether oxygens (including phenoxy) is 2. The molecule has 10 heteroatoms. The van der Waals surface area contributed by atoms with Crippen LogP contribution >= 0.6 is 11.9 Å². The first-order chi connectivity index (χ1) is 19.9. The fourth-order valence-electron chi connectivity index (χ4n) is 5.28. The molecule has 0 bridgehead atoms. The SMILES string of the molecule is COc1c(CNC(=O)c2cc(C3CC3)nn2C)cccc1OCc1ccc(C(=O)N(C)C2CCN(SC)CC2)cc1. The minimum Gasteiger partial charge on any atom is -0.493 e. The Bertz CT molecular complexity index is 1360. The quantitative estimate of drug-likeness (QED) is 0.333. The molecule has 0 spiro atoms. The third-order valence-electron chi connectivity index (χ3n) is 7.98. The molecular weight excluding hydrogens is 538 g/mol. The predicted octanol–water partition coefficient (Wildman–Crippen LogP) is 4.63. The van der Waals surface area contributed by atoms with Gasteiger partial charge in [-0.25, -0.2) is 0 Å². The van der Waals surface area contributed by atoms with Crippen LogP contribution in [-0.4, -0.2) is 70.3 Å². The van der Waals surface area contributed by atoms with Crippen LogP contribution in [0.1, 0.15) is 69.3 Å². The van der Waals surface area contributed by atoms with E-state index in [0.29, 0.717) is 41.8 Å². The van der Waals surface area contributed by atoms with E-state index in [4.69, 9.17) is 9.47 Å². The molecule has 1 saturated carbocycles. The number of benzene rings is 2. The second kappa shape index (κ2) is 13.0. The molecule has 9 nitrogen and oxygen atoms in total. The van der Waals surface area contributed by atoms with Crippen LogP contribution in [-0.2, 0) is 20.2 Å². The van der Waals surface area contributed by atoms with Crippen LogP contribution in [0.4, 0.5) is 0 Å². The van der Waals surface area contributed by atoms with E-state index in [1.165, 1.54) is 0 Å². The number of aryl methyl sites for hydroxylation is 1. The lowest BCUT2D eigenvalue weighted by atomic mass is 10.0. The van der Waals surface area contributed by atoms with Crippen LogP contribution in [0, 0.1) is 0 Å². The highest BCUT2D eigenvalue weighted by Crippen LogP contribution is 2.39. The molecule has 3 aromatic rings. The fourth-order valence-corrected chi connectivity index (χ4v) is 5.85. The number of hydrogen-bond acceptors (Lipinski definition) is 7. The first kappa shape index (κ1) is 29.0. The second-order valence-corrected chi connectivity index (χ2v) is 11.6. The maximum absolute atomic E-state index is 13.1. The van der Waals surface area contributed by atoms with Crippen molar-refractivity contribution in [1.82, 2.24) is 24.3 Å². The van der Waals surface area contributed by atoms with Gasteiger partial charge < -0.3 is 19.7 Å². The summed E-state index contributed by atoms with van der Waals surface area (Å²) in [4.78, 5) is 27.8. The highest BCUT2D eigenvalue weighted by atomic mass is 32.2. The van der Waals surface area contributed by atoms with Crippen molar-refractivity contribution in [2.24, 2.45) is 7.05 Å². The largest absolute Gasteiger partial charge is 0.493 e. The number of nitrogens with one attached hydrogen (secondary N) is 1. The zero-order chi connectivity index (χ0) is 28.9. The number of carbonyl (C=O) groups excluding carboxylic acids is 2. The van der Waals surface area contributed by atoms with Crippen LogP contribution in [0.25, 0.3) is 0 Å². The summed E-state index contributed by atoms with van der Waals surface area (Å²) in [5, 5.41) is 7.47. The third-order valence-corrected chi connectivity index (χ3v) is 8.86. The summed E-state index contributed by atoms with van der Waals surface area (Å²) in [6.07, 6.45) is 6.36. The van der Waals surface area contributed by atoms with Gasteiger partial charge in [-0.05, 0) is 61.8 Å². The summed E-state index contributed by atoms with van der Waals surface area (Å²) in [6.45, 7) is 2.62. The molecule has 0 atom stereocenters. The lowest BCUT2D eigenvalue weighted by molar-refractivity contribution is 0.0684. The summed E-state index contributed by atoms with van der Waals surface area (Å²) in [5.41, 5.74) is 3.97. The van der Waals surface area contributed by atoms with Gasteiger partial charge in [0.25, 0.3) is 11.8 Å². The Balaban J connectivity index is 1.16. The summed E-state index contributed by atoms with van der Waals surface area (Å²) >= 11 is 1.77. The molecule has 1 aromatic heterocycles. The maximum Gasteiger partial charge on any atom is 0.269 e. The predicted molar refractivity (Wildman–Crippen MR) is 160 cm³/mol. The third kappa shape index (κ3) is 6.87. The summed E-state index contributed by atoms with van der Waals surface area (Å²) < 4.78 is 15.8. The number of aromatic nitrogens is 2. The monoisotopic (exact) mass is 577 g/mol. The van der Waals surface area contributed by atoms with Gasteiger partial charge in [0.15, 0.2) is 11.5 Å². The maximum atomic E-state index is 13.1. The van der Waals surface area contributed by atoms with Gasteiger partial charge in [-0.1, -0.05) is 36.2 Å². The van der Waals surface area contributed by atoms with Crippen molar-refractivity contribution in [3.05, 3.63) is 76.6 Å². The molecule has 2 heterocycles. The number of piperidine rings is 1. The highest BCUT2D eigenvalue weighted by Gasteiger charge is 2.28. The van der Waals surface area contributed by atoms with Gasteiger partial charge in [0.2, 0.25) is 0 Å². The Labute approximate surface area is 246 Å². The first-order valence-corrected chi connectivity index (χ1v) is 15.3. The molecule has 218 valence electrons. The molecule has 5 rings (SSSR count). The summed E-state index contributed by atoms with van der Waals surface area (Å²) in [5.74, 6) is 1.53. The van der Waals surface area contributed by atoms with Gasteiger partial charge in [-0.2, -0.15) is 5.10 Å². The number of hydrogen-bond donors (Lipinski definition) is 1. The lowest BCUT2D eigenvalue weighted by Gasteiger charge is -2.35. The van der Waals surface area contributed by atoms with E-state index in [2.05, 4.69) is 21.0 Å². The number of rotatable bonds is 11. The van der Waals surface area contributed by atoms with Gasteiger partial charge in [0.05, 0.1) is 12.8 Å². The van der Waals surface area contributed by atoms with E-state index in [9.17, 15) is 9.59 Å². The standard InChI is InChI=1S/C31H39N5O4S/c1-34(25-14-16-36(41-4)17-15-25)31(38)23-10-8-21(9-11-23)20-40-28-7-5-6-24(29(28)39-3)19-32-30(37)27-18-26(22-12-13-22)33-35(27)2/h5-11,18,22,25H,12-17,19-20H2,1-4H3,(H,32,37). The molecular formula is C31H39N5O4S. The Hall–Kier alpha value is -3.50. The summed E-state index contributed by atoms with van der Waals surface area (Å²) in [7, 11) is 5.30. The topological polar surface area (TPSA) is 88.9 Å². The van der Waals surface area contributed by atoms with Crippen molar-refractivity contribution in [2.45, 2.75) is 50.8 Å². The van der Waals surface area contributed by atoms with Crippen molar-refractivity contribution < 1.29 is 19.1 Å². The van der Waals surface area contributed by atoms with Crippen molar-refractivity contribution in [3.8, 4) is 11.5 Å². The zero-order valence-electron chi connectivity index (χ0n) is 24.3. The number of nitrogens with zero attached hydrogens (tertiary/aromatic N) is 4. The van der Waals surface area contributed by atoms with E-state index in [1.54, 1.807) is 30.8 Å². The molecule has 2 aromatic carbocycles. The van der Waals surface area contributed by atoms with E-state index in [-0.39, 0.29) is 17.9 Å². The van der Waals surface area contributed by atoms with Gasteiger partial charge >= 0.3 is 0 Å². The van der Waals surface area contributed by atoms with Crippen LogP contribution in [0.15, 0.2) is 48.5 Å². The number of methoxy groups -OCH3 is 1. The number of amides is 2.